The lowest BCUT2D eigenvalue weighted by molar-refractivity contribution is -0.890. The first-order valence-electron chi connectivity index (χ1n) is 7.50. The van der Waals surface area contributed by atoms with E-state index in [0.29, 0.717) is 10.6 Å². The van der Waals surface area contributed by atoms with Gasteiger partial charge in [0.1, 0.15) is 11.9 Å². The van der Waals surface area contributed by atoms with E-state index >= 15 is 0 Å². The van der Waals surface area contributed by atoms with Crippen LogP contribution in [-0.4, -0.2) is 31.8 Å². The number of nitrogens with zero attached hydrogens (tertiary/aromatic N) is 2. The van der Waals surface area contributed by atoms with E-state index in [1.54, 1.807) is 6.07 Å². The molecule has 2 rings (SSSR count). The van der Waals surface area contributed by atoms with Gasteiger partial charge >= 0.3 is 0 Å². The first kappa shape index (κ1) is 18.8. The number of likely N-dealkylation sites (N-methyl/N-ethyl adjacent to an activating group) is 1. The summed E-state index contributed by atoms with van der Waals surface area (Å²) in [6.45, 7) is 0.172. The van der Waals surface area contributed by atoms with Crippen LogP contribution >= 0.6 is 11.6 Å². The third kappa shape index (κ3) is 4.52. The van der Waals surface area contributed by atoms with Crippen molar-refractivity contribution in [1.82, 2.24) is 0 Å². The van der Waals surface area contributed by atoms with Gasteiger partial charge in [0, 0.05) is 18.3 Å². The molecule has 132 valence electrons. The molecule has 0 spiro atoms. The Balaban J connectivity index is 2.27. The highest BCUT2D eigenvalue weighted by Gasteiger charge is 2.23. The third-order valence-corrected chi connectivity index (χ3v) is 4.10. The van der Waals surface area contributed by atoms with E-state index in [9.17, 15) is 19.6 Å². The Kier molecular flexibility index (Phi) is 6.06. The van der Waals surface area contributed by atoms with Crippen molar-refractivity contribution in [2.24, 2.45) is 4.99 Å². The van der Waals surface area contributed by atoms with Crippen molar-refractivity contribution in [2.75, 3.05) is 20.6 Å². The normalized spacial score (nSPS) is 12.7. The lowest BCUT2D eigenvalue weighted by Crippen LogP contribution is -3.06. The third-order valence-electron chi connectivity index (χ3n) is 3.77. The minimum absolute atomic E-state index is 0.112. The second kappa shape index (κ2) is 8.04. The molecule has 0 heterocycles. The van der Waals surface area contributed by atoms with Crippen LogP contribution in [0.1, 0.15) is 17.2 Å². The molecule has 0 saturated heterocycles. The molecule has 0 fully saturated rings. The monoisotopic (exact) mass is 365 g/mol. The van der Waals surface area contributed by atoms with Gasteiger partial charge in [-0.1, -0.05) is 29.5 Å². The van der Waals surface area contributed by atoms with Crippen molar-refractivity contribution in [1.29, 1.82) is 0 Å². The van der Waals surface area contributed by atoms with Gasteiger partial charge in [0.05, 0.1) is 36.1 Å². The molecular formula is C17H17ClFN3O3. The number of nitro benzene ring substituents is 1. The van der Waals surface area contributed by atoms with Crippen LogP contribution in [0.25, 0.3) is 0 Å². The van der Waals surface area contributed by atoms with E-state index in [1.165, 1.54) is 24.4 Å². The molecule has 8 heteroatoms. The SMILES string of the molecule is C[NH+](C)[C@@H](CN=Cc1cc([N+](=O)[O-])ccc1[O-])c1c(F)cccc1Cl. The molecule has 0 amide bonds. The van der Waals surface area contributed by atoms with Gasteiger partial charge < -0.3 is 10.0 Å². The quantitative estimate of drug-likeness (QED) is 0.481. The van der Waals surface area contributed by atoms with E-state index < -0.39 is 10.7 Å². The van der Waals surface area contributed by atoms with Crippen LogP contribution < -0.4 is 10.0 Å². The predicted molar refractivity (Wildman–Crippen MR) is 92.0 cm³/mol. The largest absolute Gasteiger partial charge is 0.872 e. The highest BCUT2D eigenvalue weighted by Crippen LogP contribution is 2.25. The second-order valence-electron chi connectivity index (χ2n) is 5.74. The summed E-state index contributed by atoms with van der Waals surface area (Å²) in [5.74, 6) is -0.791. The fraction of sp³-hybridized carbons (Fsp3) is 0.235. The fourth-order valence-electron chi connectivity index (χ4n) is 2.41. The molecule has 0 saturated carbocycles. The van der Waals surface area contributed by atoms with Gasteiger partial charge in [-0.2, -0.15) is 0 Å². The standard InChI is InChI=1S/C17H17ClFN3O3/c1-21(2)15(17-13(18)4-3-5-14(17)19)10-20-9-11-8-12(22(24)25)6-7-16(11)23/h3-9,15,23H,10H2,1-2H3/t15-/m0/s1. The number of hydrogen-bond acceptors (Lipinski definition) is 4. The molecule has 6 nitrogen and oxygen atoms in total. The number of nitrogens with one attached hydrogen (secondary N) is 1. The van der Waals surface area contributed by atoms with Gasteiger partial charge in [0.25, 0.3) is 5.69 Å². The number of rotatable bonds is 6. The Morgan fingerprint density at radius 2 is 2.08 bits per heavy atom. The number of nitro groups is 1. The molecule has 0 aliphatic rings. The summed E-state index contributed by atoms with van der Waals surface area (Å²) in [7, 11) is 3.69. The maximum Gasteiger partial charge on any atom is 0.270 e. The summed E-state index contributed by atoms with van der Waals surface area (Å²) in [5.41, 5.74) is 0.275. The topological polar surface area (TPSA) is 83.0 Å². The van der Waals surface area contributed by atoms with Crippen LogP contribution in [0, 0.1) is 15.9 Å². The smallest absolute Gasteiger partial charge is 0.270 e. The van der Waals surface area contributed by atoms with Gasteiger partial charge in [0.2, 0.25) is 0 Å². The maximum atomic E-state index is 14.1. The number of benzene rings is 2. The van der Waals surface area contributed by atoms with Gasteiger partial charge in [-0.3, -0.25) is 15.1 Å². The van der Waals surface area contributed by atoms with Crippen molar-refractivity contribution in [2.45, 2.75) is 6.04 Å². The highest BCUT2D eigenvalue weighted by molar-refractivity contribution is 6.31. The van der Waals surface area contributed by atoms with Crippen LogP contribution in [-0.2, 0) is 0 Å². The van der Waals surface area contributed by atoms with E-state index in [2.05, 4.69) is 4.99 Å². The first-order chi connectivity index (χ1) is 11.8. The molecule has 0 aromatic heterocycles. The van der Waals surface area contributed by atoms with Crippen LogP contribution in [0.15, 0.2) is 41.4 Å². The summed E-state index contributed by atoms with van der Waals surface area (Å²) >= 11 is 6.11. The van der Waals surface area contributed by atoms with Crippen LogP contribution in [0.5, 0.6) is 5.75 Å². The first-order valence-corrected chi connectivity index (χ1v) is 7.88. The summed E-state index contributed by atoms with van der Waals surface area (Å²) < 4.78 is 14.1. The molecule has 1 N–H and O–H groups in total. The number of non-ortho nitro benzene ring substituents is 1. The summed E-state index contributed by atoms with van der Waals surface area (Å²) in [6, 6.07) is 7.54. The van der Waals surface area contributed by atoms with Crippen molar-refractivity contribution in [3.8, 4) is 5.75 Å². The Morgan fingerprint density at radius 3 is 2.68 bits per heavy atom. The van der Waals surface area contributed by atoms with E-state index in [-0.39, 0.29) is 29.6 Å². The predicted octanol–water partition coefficient (Wildman–Crippen LogP) is 1.77. The summed E-state index contributed by atoms with van der Waals surface area (Å²) in [6.07, 6.45) is 1.28. The average molecular weight is 366 g/mol. The average Bonchev–Trinajstić information content (AvgIpc) is 2.54. The van der Waals surface area contributed by atoms with Crippen molar-refractivity contribution in [3.05, 3.63) is 68.5 Å². The van der Waals surface area contributed by atoms with Crippen molar-refractivity contribution in [3.63, 3.8) is 0 Å². The van der Waals surface area contributed by atoms with Gasteiger partial charge in [0.15, 0.2) is 0 Å². The Bertz CT molecular complexity index is 791. The van der Waals surface area contributed by atoms with E-state index in [1.807, 2.05) is 14.1 Å². The molecule has 0 unspecified atom stereocenters. The van der Waals surface area contributed by atoms with Crippen LogP contribution in [0.2, 0.25) is 5.02 Å². The molecule has 25 heavy (non-hydrogen) atoms. The van der Waals surface area contributed by atoms with Crippen molar-refractivity contribution >= 4 is 23.5 Å². The molecule has 0 radical (unpaired) electrons. The number of aliphatic imine (C=N–C) groups is 1. The minimum atomic E-state index is -0.581. The van der Waals surface area contributed by atoms with E-state index in [0.717, 1.165) is 17.0 Å². The molecule has 0 bridgehead atoms. The molecular weight excluding hydrogens is 349 g/mol. The molecule has 2 aromatic rings. The zero-order valence-electron chi connectivity index (χ0n) is 13.7. The second-order valence-corrected chi connectivity index (χ2v) is 6.15. The zero-order chi connectivity index (χ0) is 18.6. The zero-order valence-corrected chi connectivity index (χ0v) is 14.5. The van der Waals surface area contributed by atoms with Crippen molar-refractivity contribution < 1.29 is 19.3 Å². The number of halogens is 2. The molecule has 0 aliphatic carbocycles. The number of hydrogen-bond donors (Lipinski definition) is 1. The lowest BCUT2D eigenvalue weighted by atomic mass is 10.1. The lowest BCUT2D eigenvalue weighted by Gasteiger charge is -2.21. The van der Waals surface area contributed by atoms with Gasteiger partial charge in [-0.05, 0) is 17.7 Å². The highest BCUT2D eigenvalue weighted by atomic mass is 35.5. The Labute approximate surface area is 149 Å². The molecule has 1 atom stereocenters. The Hall–Kier alpha value is -2.51. The molecule has 0 aliphatic heterocycles. The van der Waals surface area contributed by atoms with Gasteiger partial charge in [-0.25, -0.2) is 4.39 Å². The fourth-order valence-corrected chi connectivity index (χ4v) is 2.71. The van der Waals surface area contributed by atoms with Crippen LogP contribution in [0.3, 0.4) is 0 Å². The number of quaternary nitrogens is 1. The minimum Gasteiger partial charge on any atom is -0.872 e. The van der Waals surface area contributed by atoms with Crippen LogP contribution in [0.4, 0.5) is 10.1 Å². The molecule has 2 aromatic carbocycles. The van der Waals surface area contributed by atoms with E-state index in [4.69, 9.17) is 11.6 Å². The Morgan fingerprint density at radius 1 is 1.36 bits per heavy atom. The maximum absolute atomic E-state index is 14.1. The summed E-state index contributed by atoms with van der Waals surface area (Å²) in [4.78, 5) is 15.3. The van der Waals surface area contributed by atoms with Gasteiger partial charge in [-0.15, -0.1) is 0 Å². The summed E-state index contributed by atoms with van der Waals surface area (Å²) in [5, 5.41) is 22.9.